The normalized spacial score (nSPS) is 16.4. The number of amides is 1. The van der Waals surface area contributed by atoms with Crippen LogP contribution in [0.2, 0.25) is 0 Å². The van der Waals surface area contributed by atoms with Gasteiger partial charge in [-0.1, -0.05) is 6.07 Å². The van der Waals surface area contributed by atoms with Crippen molar-refractivity contribution in [1.29, 1.82) is 0 Å². The average molecular weight is 265 g/mol. The van der Waals surface area contributed by atoms with E-state index in [1.165, 1.54) is 5.56 Å². The molecule has 4 heteroatoms. The van der Waals surface area contributed by atoms with Crippen molar-refractivity contribution in [3.05, 3.63) is 41.7 Å². The summed E-state index contributed by atoms with van der Waals surface area (Å²) in [6, 6.07) is 6.08. The number of carbonyl (C=O) groups is 1. The van der Waals surface area contributed by atoms with Crippen molar-refractivity contribution < 1.29 is 4.79 Å². The molecule has 0 fully saturated rings. The highest BCUT2D eigenvalue weighted by Gasteiger charge is 2.33. The lowest BCUT2D eigenvalue weighted by molar-refractivity contribution is -0.118. The maximum absolute atomic E-state index is 12.0. The lowest BCUT2D eigenvalue weighted by atomic mass is 9.92. The SMILES string of the molecule is Nc1c(-c2cccnc2)cc2c3c1CCN3C(=O)CC2. The molecule has 0 saturated heterocycles. The Labute approximate surface area is 117 Å². The second-order valence-electron chi connectivity index (χ2n) is 5.36. The van der Waals surface area contributed by atoms with Gasteiger partial charge in [0.25, 0.3) is 0 Å². The zero-order chi connectivity index (χ0) is 13.7. The van der Waals surface area contributed by atoms with E-state index in [0.29, 0.717) is 6.42 Å². The van der Waals surface area contributed by atoms with E-state index in [1.807, 2.05) is 23.2 Å². The smallest absolute Gasteiger partial charge is 0.227 e. The van der Waals surface area contributed by atoms with Crippen LogP contribution >= 0.6 is 0 Å². The lowest BCUT2D eigenvalue weighted by Crippen LogP contribution is -2.32. The van der Waals surface area contributed by atoms with E-state index in [4.69, 9.17) is 5.73 Å². The van der Waals surface area contributed by atoms with Crippen LogP contribution in [0.5, 0.6) is 0 Å². The van der Waals surface area contributed by atoms with Crippen LogP contribution in [0.1, 0.15) is 17.5 Å². The first kappa shape index (κ1) is 11.5. The molecule has 1 aromatic heterocycles. The second kappa shape index (κ2) is 4.07. The van der Waals surface area contributed by atoms with E-state index in [2.05, 4.69) is 11.1 Å². The molecule has 20 heavy (non-hydrogen) atoms. The number of nitrogens with zero attached hydrogens (tertiary/aromatic N) is 2. The molecule has 2 aromatic rings. The molecular weight excluding hydrogens is 250 g/mol. The Morgan fingerprint density at radius 1 is 1.25 bits per heavy atom. The summed E-state index contributed by atoms with van der Waals surface area (Å²) in [5.41, 5.74) is 12.7. The van der Waals surface area contributed by atoms with Gasteiger partial charge in [0.05, 0.1) is 5.69 Å². The van der Waals surface area contributed by atoms with Crippen molar-refractivity contribution in [3.63, 3.8) is 0 Å². The van der Waals surface area contributed by atoms with Gasteiger partial charge in [0.15, 0.2) is 0 Å². The van der Waals surface area contributed by atoms with Gasteiger partial charge in [-0.2, -0.15) is 0 Å². The lowest BCUT2D eigenvalue weighted by Gasteiger charge is -2.26. The Morgan fingerprint density at radius 2 is 2.15 bits per heavy atom. The van der Waals surface area contributed by atoms with E-state index in [1.54, 1.807) is 6.20 Å². The van der Waals surface area contributed by atoms with Gasteiger partial charge in [-0.3, -0.25) is 9.78 Å². The van der Waals surface area contributed by atoms with Crippen LogP contribution in [0.3, 0.4) is 0 Å². The van der Waals surface area contributed by atoms with Crippen molar-refractivity contribution in [2.75, 3.05) is 17.2 Å². The summed E-state index contributed by atoms with van der Waals surface area (Å²) < 4.78 is 0. The Hall–Kier alpha value is -2.36. The molecule has 0 spiro atoms. The highest BCUT2D eigenvalue weighted by Crippen LogP contribution is 2.44. The highest BCUT2D eigenvalue weighted by atomic mass is 16.2. The third-order valence-electron chi connectivity index (χ3n) is 4.26. The van der Waals surface area contributed by atoms with Crippen LogP contribution < -0.4 is 10.6 Å². The number of aryl methyl sites for hydroxylation is 1. The van der Waals surface area contributed by atoms with Gasteiger partial charge in [-0.25, -0.2) is 0 Å². The molecular formula is C16H15N3O. The number of hydrogen-bond acceptors (Lipinski definition) is 3. The molecule has 2 aliphatic heterocycles. The first-order valence-electron chi connectivity index (χ1n) is 6.90. The van der Waals surface area contributed by atoms with Crippen LogP contribution in [0.15, 0.2) is 30.6 Å². The first-order chi connectivity index (χ1) is 9.75. The van der Waals surface area contributed by atoms with E-state index in [9.17, 15) is 4.79 Å². The zero-order valence-electron chi connectivity index (χ0n) is 11.1. The maximum atomic E-state index is 12.0. The number of nitrogen functional groups attached to an aromatic ring is 1. The van der Waals surface area contributed by atoms with Crippen LogP contribution in [0, 0.1) is 0 Å². The Bertz CT molecular complexity index is 709. The predicted octanol–water partition coefficient (Wildman–Crippen LogP) is 2.17. The highest BCUT2D eigenvalue weighted by molar-refractivity contribution is 6.01. The molecule has 0 unspecified atom stereocenters. The molecule has 2 N–H and O–H groups in total. The molecule has 0 radical (unpaired) electrons. The first-order valence-corrected chi connectivity index (χ1v) is 6.90. The van der Waals surface area contributed by atoms with Crippen LogP contribution in [0.25, 0.3) is 11.1 Å². The Kier molecular flexibility index (Phi) is 2.33. The summed E-state index contributed by atoms with van der Waals surface area (Å²) in [7, 11) is 0. The monoisotopic (exact) mass is 265 g/mol. The van der Waals surface area contributed by atoms with Crippen molar-refractivity contribution in [3.8, 4) is 11.1 Å². The molecule has 4 rings (SSSR count). The van der Waals surface area contributed by atoms with Crippen molar-refractivity contribution in [2.24, 2.45) is 0 Å². The van der Waals surface area contributed by atoms with Crippen LogP contribution in [0.4, 0.5) is 11.4 Å². The van der Waals surface area contributed by atoms with Gasteiger partial charge in [-0.05, 0) is 30.5 Å². The van der Waals surface area contributed by atoms with Gasteiger partial charge in [-0.15, -0.1) is 0 Å². The number of aromatic nitrogens is 1. The number of anilines is 2. The fraction of sp³-hybridized carbons (Fsp3) is 0.250. The van der Waals surface area contributed by atoms with Gasteiger partial charge in [0.2, 0.25) is 5.91 Å². The van der Waals surface area contributed by atoms with Gasteiger partial charge < -0.3 is 10.6 Å². The standard InChI is InChI=1S/C16H15N3O/c17-15-12-5-7-19-14(20)4-3-10(16(12)19)8-13(15)11-2-1-6-18-9-11/h1-2,6,8-9H,3-5,7,17H2. The van der Waals surface area contributed by atoms with Crippen molar-refractivity contribution >= 4 is 17.3 Å². The summed E-state index contributed by atoms with van der Waals surface area (Å²) in [5.74, 6) is 0.227. The molecule has 0 atom stereocenters. The number of hydrogen-bond donors (Lipinski definition) is 1. The molecule has 2 aliphatic rings. The fourth-order valence-corrected chi connectivity index (χ4v) is 3.31. The third kappa shape index (κ3) is 1.48. The largest absolute Gasteiger partial charge is 0.398 e. The minimum Gasteiger partial charge on any atom is -0.398 e. The number of nitrogens with two attached hydrogens (primary N) is 1. The van der Waals surface area contributed by atoms with E-state index < -0.39 is 0 Å². The second-order valence-corrected chi connectivity index (χ2v) is 5.36. The van der Waals surface area contributed by atoms with Gasteiger partial charge in [0.1, 0.15) is 0 Å². The molecule has 1 aromatic carbocycles. The van der Waals surface area contributed by atoms with Gasteiger partial charge in [0, 0.05) is 47.7 Å². The predicted molar refractivity (Wildman–Crippen MR) is 78.5 cm³/mol. The number of benzene rings is 1. The fourth-order valence-electron chi connectivity index (χ4n) is 3.31. The quantitative estimate of drug-likeness (QED) is 0.804. The Morgan fingerprint density at radius 3 is 2.95 bits per heavy atom. The van der Waals surface area contributed by atoms with Crippen molar-refractivity contribution in [1.82, 2.24) is 4.98 Å². The topological polar surface area (TPSA) is 59.2 Å². The molecule has 0 bridgehead atoms. The maximum Gasteiger partial charge on any atom is 0.227 e. The van der Waals surface area contributed by atoms with Gasteiger partial charge >= 0.3 is 0 Å². The molecule has 4 nitrogen and oxygen atoms in total. The summed E-state index contributed by atoms with van der Waals surface area (Å²) in [5, 5.41) is 0. The van der Waals surface area contributed by atoms with Crippen molar-refractivity contribution in [2.45, 2.75) is 19.3 Å². The Balaban J connectivity index is 1.95. The summed E-state index contributed by atoms with van der Waals surface area (Å²) in [6.07, 6.45) is 5.87. The zero-order valence-corrected chi connectivity index (χ0v) is 11.1. The number of pyridine rings is 1. The average Bonchev–Trinajstić information content (AvgIpc) is 2.93. The summed E-state index contributed by atoms with van der Waals surface area (Å²) >= 11 is 0. The third-order valence-corrected chi connectivity index (χ3v) is 4.26. The summed E-state index contributed by atoms with van der Waals surface area (Å²) in [4.78, 5) is 18.0. The molecule has 100 valence electrons. The number of carbonyl (C=O) groups excluding carboxylic acids is 1. The van der Waals surface area contributed by atoms with E-state index in [0.717, 1.165) is 47.5 Å². The molecule has 0 saturated carbocycles. The number of rotatable bonds is 1. The van der Waals surface area contributed by atoms with E-state index >= 15 is 0 Å². The molecule has 1 amide bonds. The molecule has 3 heterocycles. The van der Waals surface area contributed by atoms with E-state index in [-0.39, 0.29) is 5.91 Å². The minimum atomic E-state index is 0.227. The molecule has 0 aliphatic carbocycles. The minimum absolute atomic E-state index is 0.227. The van der Waals surface area contributed by atoms with Crippen LogP contribution in [-0.2, 0) is 17.6 Å². The van der Waals surface area contributed by atoms with Crippen LogP contribution in [-0.4, -0.2) is 17.4 Å². The summed E-state index contributed by atoms with van der Waals surface area (Å²) in [6.45, 7) is 0.766.